The average Bonchev–Trinajstić information content (AvgIpc) is 2.48. The average molecular weight is 347 g/mol. The number of ether oxygens (including phenoxy) is 1. The van der Waals surface area contributed by atoms with E-state index in [-0.39, 0.29) is 16.7 Å². The first-order chi connectivity index (χ1) is 11.4. The van der Waals surface area contributed by atoms with Crippen molar-refractivity contribution in [2.75, 3.05) is 0 Å². The number of phenols is 1. The van der Waals surface area contributed by atoms with Crippen LogP contribution in [0.5, 0.6) is 17.2 Å². The summed E-state index contributed by atoms with van der Waals surface area (Å²) in [6.45, 7) is 3.86. The van der Waals surface area contributed by atoms with Gasteiger partial charge in [0.1, 0.15) is 22.1 Å². The molecule has 0 spiro atoms. The molecule has 0 amide bonds. The van der Waals surface area contributed by atoms with Crippen LogP contribution in [0.25, 0.3) is 0 Å². The molecule has 0 aromatic heterocycles. The maximum atomic E-state index is 12.5. The van der Waals surface area contributed by atoms with Gasteiger partial charge in [-0.3, -0.25) is 0 Å². The minimum absolute atomic E-state index is 0.0439. The van der Waals surface area contributed by atoms with Crippen LogP contribution in [0.3, 0.4) is 0 Å². The highest BCUT2D eigenvalue weighted by molar-refractivity contribution is 7.89. The van der Waals surface area contributed by atoms with E-state index in [9.17, 15) is 13.5 Å². The fraction of sp³-hybridized carbons (Fsp3) is 0.333. The summed E-state index contributed by atoms with van der Waals surface area (Å²) in [7, 11) is -3.77. The fourth-order valence-electron chi connectivity index (χ4n) is 2.66. The molecule has 0 bridgehead atoms. The molecule has 2 aromatic carbocycles. The third kappa shape index (κ3) is 3.39. The van der Waals surface area contributed by atoms with Gasteiger partial charge in [-0.1, -0.05) is 24.6 Å². The summed E-state index contributed by atoms with van der Waals surface area (Å²) in [5, 5.41) is 9.97. The number of nitrogens with one attached hydrogen (secondary N) is 1. The van der Waals surface area contributed by atoms with Crippen molar-refractivity contribution in [2.45, 2.75) is 44.0 Å². The molecule has 1 aliphatic rings. The van der Waals surface area contributed by atoms with Gasteiger partial charge in [0.25, 0.3) is 0 Å². The van der Waals surface area contributed by atoms with Gasteiger partial charge in [0, 0.05) is 12.1 Å². The number of phenolic OH excluding ortho intramolecular Hbond substituents is 1. The Hall–Kier alpha value is -2.05. The van der Waals surface area contributed by atoms with E-state index in [0.29, 0.717) is 11.5 Å². The molecular formula is C18H21NO4S. The lowest BCUT2D eigenvalue weighted by molar-refractivity contribution is 0.382. The first-order valence-corrected chi connectivity index (χ1v) is 9.44. The lowest BCUT2D eigenvalue weighted by Gasteiger charge is -2.26. The summed E-state index contributed by atoms with van der Waals surface area (Å²) >= 11 is 0. The molecule has 0 atom stereocenters. The predicted octanol–water partition coefficient (Wildman–Crippen LogP) is 3.63. The zero-order valence-electron chi connectivity index (χ0n) is 13.7. The van der Waals surface area contributed by atoms with E-state index in [1.807, 2.05) is 32.0 Å². The van der Waals surface area contributed by atoms with Crippen molar-refractivity contribution < 1.29 is 18.3 Å². The van der Waals surface area contributed by atoms with Gasteiger partial charge < -0.3 is 9.84 Å². The highest BCUT2D eigenvalue weighted by Gasteiger charge is 2.27. The van der Waals surface area contributed by atoms with E-state index in [2.05, 4.69) is 4.72 Å². The molecule has 3 rings (SSSR count). The van der Waals surface area contributed by atoms with Crippen LogP contribution in [-0.4, -0.2) is 19.6 Å². The Kier molecular flexibility index (Phi) is 4.51. The Labute approximate surface area is 142 Å². The normalized spacial score (nSPS) is 15.1. The number of benzene rings is 2. The largest absolute Gasteiger partial charge is 0.507 e. The van der Waals surface area contributed by atoms with E-state index in [1.165, 1.54) is 12.1 Å². The summed E-state index contributed by atoms with van der Waals surface area (Å²) in [5.41, 5.74) is 1.92. The molecule has 0 saturated heterocycles. The number of aromatic hydroxyl groups is 1. The molecule has 5 nitrogen and oxygen atoms in total. The highest BCUT2D eigenvalue weighted by atomic mass is 32.2. The zero-order chi connectivity index (χ0) is 17.3. The van der Waals surface area contributed by atoms with Crippen LogP contribution >= 0.6 is 0 Å². The zero-order valence-corrected chi connectivity index (χ0v) is 14.6. The van der Waals surface area contributed by atoms with Gasteiger partial charge in [0.15, 0.2) is 0 Å². The van der Waals surface area contributed by atoms with E-state index in [0.717, 1.165) is 30.4 Å². The Bertz CT molecular complexity index is 837. The van der Waals surface area contributed by atoms with Gasteiger partial charge >= 0.3 is 0 Å². The predicted molar refractivity (Wildman–Crippen MR) is 92.1 cm³/mol. The summed E-state index contributed by atoms with van der Waals surface area (Å²) in [6.07, 6.45) is 2.69. The molecule has 1 saturated carbocycles. The number of sulfonamides is 1. The minimum atomic E-state index is -3.77. The molecule has 6 heteroatoms. The second kappa shape index (κ2) is 6.45. The highest BCUT2D eigenvalue weighted by Crippen LogP contribution is 2.33. The minimum Gasteiger partial charge on any atom is -0.507 e. The number of hydrogen-bond donors (Lipinski definition) is 2. The van der Waals surface area contributed by atoms with Gasteiger partial charge in [0.05, 0.1) is 0 Å². The van der Waals surface area contributed by atoms with Crippen molar-refractivity contribution in [3.8, 4) is 17.2 Å². The van der Waals surface area contributed by atoms with Crippen molar-refractivity contribution in [2.24, 2.45) is 0 Å². The number of rotatable bonds is 5. The molecule has 2 aromatic rings. The molecule has 0 heterocycles. The second-order valence-electron chi connectivity index (χ2n) is 6.20. The quantitative estimate of drug-likeness (QED) is 0.866. The Morgan fingerprint density at radius 1 is 1.12 bits per heavy atom. The first kappa shape index (κ1) is 16.8. The van der Waals surface area contributed by atoms with Crippen LogP contribution < -0.4 is 9.46 Å². The Balaban J connectivity index is 1.91. The first-order valence-electron chi connectivity index (χ1n) is 7.96. The lowest BCUT2D eigenvalue weighted by Crippen LogP contribution is -2.39. The van der Waals surface area contributed by atoms with Crippen LogP contribution in [0.2, 0.25) is 0 Å². The monoisotopic (exact) mass is 347 g/mol. The summed E-state index contributed by atoms with van der Waals surface area (Å²) in [4.78, 5) is -0.155. The maximum absolute atomic E-state index is 12.5. The SMILES string of the molecule is Cc1cccc(C)c1Oc1ccc(O)c(S(=O)(=O)NC2CCC2)c1. The van der Waals surface area contributed by atoms with E-state index in [4.69, 9.17) is 4.74 Å². The van der Waals surface area contributed by atoms with Crippen molar-refractivity contribution in [3.63, 3.8) is 0 Å². The lowest BCUT2D eigenvalue weighted by atomic mass is 9.94. The van der Waals surface area contributed by atoms with Crippen LogP contribution in [0.15, 0.2) is 41.3 Å². The second-order valence-corrected chi connectivity index (χ2v) is 7.88. The molecule has 0 radical (unpaired) electrons. The third-order valence-electron chi connectivity index (χ3n) is 4.28. The summed E-state index contributed by atoms with van der Waals surface area (Å²) in [6, 6.07) is 10.0. The van der Waals surface area contributed by atoms with Crippen LogP contribution in [0, 0.1) is 13.8 Å². The molecule has 128 valence electrons. The van der Waals surface area contributed by atoms with Crippen LogP contribution in [0.1, 0.15) is 30.4 Å². The van der Waals surface area contributed by atoms with Gasteiger partial charge in [-0.15, -0.1) is 0 Å². The van der Waals surface area contributed by atoms with Crippen molar-refractivity contribution >= 4 is 10.0 Å². The molecule has 0 aliphatic heterocycles. The number of para-hydroxylation sites is 1. The van der Waals surface area contributed by atoms with Crippen molar-refractivity contribution in [1.82, 2.24) is 4.72 Å². The third-order valence-corrected chi connectivity index (χ3v) is 5.83. The summed E-state index contributed by atoms with van der Waals surface area (Å²) < 4.78 is 33.4. The number of aryl methyl sites for hydroxylation is 2. The maximum Gasteiger partial charge on any atom is 0.244 e. The smallest absolute Gasteiger partial charge is 0.244 e. The topological polar surface area (TPSA) is 75.6 Å². The molecular weight excluding hydrogens is 326 g/mol. The molecule has 0 unspecified atom stereocenters. The Morgan fingerprint density at radius 3 is 2.38 bits per heavy atom. The van der Waals surface area contributed by atoms with Gasteiger partial charge in [0.2, 0.25) is 10.0 Å². The van der Waals surface area contributed by atoms with Crippen molar-refractivity contribution in [3.05, 3.63) is 47.5 Å². The summed E-state index contributed by atoms with van der Waals surface area (Å²) in [5.74, 6) is 0.786. The van der Waals surface area contributed by atoms with E-state index >= 15 is 0 Å². The molecule has 1 aliphatic carbocycles. The van der Waals surface area contributed by atoms with Crippen LogP contribution in [-0.2, 0) is 10.0 Å². The number of hydrogen-bond acceptors (Lipinski definition) is 4. The standard InChI is InChI=1S/C18H21NO4S/c1-12-5-3-6-13(2)18(12)23-15-9-10-16(20)17(11-15)24(21,22)19-14-7-4-8-14/h3,5-6,9-11,14,19-20H,4,7-8H2,1-2H3. The molecule has 1 fully saturated rings. The fourth-order valence-corrected chi connectivity index (χ4v) is 4.08. The van der Waals surface area contributed by atoms with Gasteiger partial charge in [-0.05, 0) is 49.9 Å². The van der Waals surface area contributed by atoms with Gasteiger partial charge in [-0.25, -0.2) is 13.1 Å². The molecule has 24 heavy (non-hydrogen) atoms. The van der Waals surface area contributed by atoms with E-state index < -0.39 is 10.0 Å². The Morgan fingerprint density at radius 2 is 1.79 bits per heavy atom. The van der Waals surface area contributed by atoms with E-state index in [1.54, 1.807) is 6.07 Å². The molecule has 2 N–H and O–H groups in total. The van der Waals surface area contributed by atoms with Gasteiger partial charge in [-0.2, -0.15) is 0 Å². The van der Waals surface area contributed by atoms with Crippen molar-refractivity contribution in [1.29, 1.82) is 0 Å². The van der Waals surface area contributed by atoms with Crippen LogP contribution in [0.4, 0.5) is 0 Å².